The Labute approximate surface area is 172 Å². The van der Waals surface area contributed by atoms with Gasteiger partial charge in [0.05, 0.1) is 11.3 Å². The van der Waals surface area contributed by atoms with Gasteiger partial charge in [-0.25, -0.2) is 0 Å². The van der Waals surface area contributed by atoms with Gasteiger partial charge in [0, 0.05) is 26.8 Å². The van der Waals surface area contributed by atoms with E-state index in [1.54, 1.807) is 6.07 Å². The summed E-state index contributed by atoms with van der Waals surface area (Å²) in [6.07, 6.45) is 0. The van der Waals surface area contributed by atoms with Gasteiger partial charge in [-0.15, -0.1) is 0 Å². The standard InChI is InChI=1S/C13H5Br6NO/c14-5-1-7(11(19)8(16)2-5)13(21)20-12-9(17)3-6(15)4-10(12)18/h1-4H,(H,20,21). The molecule has 0 saturated heterocycles. The summed E-state index contributed by atoms with van der Waals surface area (Å²) in [5.74, 6) is -0.215. The second-order valence-corrected chi connectivity index (χ2v) is 9.14. The predicted molar refractivity (Wildman–Crippen MR) is 107 cm³/mol. The molecule has 8 heteroatoms. The largest absolute Gasteiger partial charge is 0.320 e. The van der Waals surface area contributed by atoms with Crippen molar-refractivity contribution in [3.05, 3.63) is 56.7 Å². The van der Waals surface area contributed by atoms with Crippen molar-refractivity contribution in [1.29, 1.82) is 0 Å². The zero-order valence-corrected chi connectivity index (χ0v) is 19.5. The van der Waals surface area contributed by atoms with Crippen LogP contribution in [0.15, 0.2) is 51.1 Å². The first-order valence-corrected chi connectivity index (χ1v) is 10.2. The lowest BCUT2D eigenvalue weighted by Crippen LogP contribution is -2.13. The van der Waals surface area contributed by atoms with E-state index in [-0.39, 0.29) is 5.91 Å². The number of halogens is 6. The summed E-state index contributed by atoms with van der Waals surface area (Å²) < 4.78 is 4.79. The van der Waals surface area contributed by atoms with Crippen molar-refractivity contribution in [2.75, 3.05) is 5.32 Å². The highest BCUT2D eigenvalue weighted by Crippen LogP contribution is 2.36. The van der Waals surface area contributed by atoms with Crippen molar-refractivity contribution in [3.63, 3.8) is 0 Å². The Bertz CT molecular complexity index is 708. The molecule has 0 aliphatic carbocycles. The molecule has 0 fully saturated rings. The molecule has 1 N–H and O–H groups in total. The highest BCUT2D eigenvalue weighted by atomic mass is 79.9. The predicted octanol–water partition coefficient (Wildman–Crippen LogP) is 7.51. The van der Waals surface area contributed by atoms with E-state index >= 15 is 0 Å². The topological polar surface area (TPSA) is 29.1 Å². The van der Waals surface area contributed by atoms with Crippen molar-refractivity contribution in [1.82, 2.24) is 0 Å². The number of amides is 1. The van der Waals surface area contributed by atoms with E-state index in [2.05, 4.69) is 101 Å². The first-order chi connectivity index (χ1) is 9.79. The molecule has 2 nitrogen and oxygen atoms in total. The SMILES string of the molecule is O=C(Nc1c(Br)cc(Br)cc1Br)c1cc(Br)cc(Br)c1Br. The lowest BCUT2D eigenvalue weighted by molar-refractivity contribution is 0.102. The van der Waals surface area contributed by atoms with Gasteiger partial charge in [-0.05, 0) is 88.0 Å². The fraction of sp³-hybridized carbons (Fsp3) is 0. The maximum absolute atomic E-state index is 12.5. The van der Waals surface area contributed by atoms with E-state index in [1.165, 1.54) is 0 Å². The van der Waals surface area contributed by atoms with Crippen molar-refractivity contribution in [2.24, 2.45) is 0 Å². The number of carbonyl (C=O) groups is 1. The Morgan fingerprint density at radius 3 is 1.81 bits per heavy atom. The molecule has 2 aromatic rings. The number of anilines is 1. The average Bonchev–Trinajstić information content (AvgIpc) is 2.37. The molecule has 0 bridgehead atoms. The normalized spacial score (nSPS) is 10.6. The molecule has 0 atom stereocenters. The minimum atomic E-state index is -0.215. The maximum atomic E-state index is 12.5. The van der Waals surface area contributed by atoms with Crippen LogP contribution in [0.3, 0.4) is 0 Å². The molecule has 110 valence electrons. The van der Waals surface area contributed by atoms with Gasteiger partial charge in [-0.2, -0.15) is 0 Å². The van der Waals surface area contributed by atoms with Crippen molar-refractivity contribution < 1.29 is 4.79 Å². The Hall–Kier alpha value is 0.790. The third kappa shape index (κ3) is 4.41. The minimum Gasteiger partial charge on any atom is -0.320 e. The zero-order chi connectivity index (χ0) is 15.7. The van der Waals surface area contributed by atoms with Gasteiger partial charge in [-0.1, -0.05) is 31.9 Å². The molecule has 1 amide bonds. The lowest BCUT2D eigenvalue weighted by Gasteiger charge is -2.12. The summed E-state index contributed by atoms with van der Waals surface area (Å²) >= 11 is 20.5. The van der Waals surface area contributed by atoms with Crippen LogP contribution in [-0.4, -0.2) is 5.91 Å². The summed E-state index contributed by atoms with van der Waals surface area (Å²) in [5, 5.41) is 2.89. The molecule has 0 aromatic heterocycles. The van der Waals surface area contributed by atoms with E-state index < -0.39 is 0 Å². The van der Waals surface area contributed by atoms with Gasteiger partial charge >= 0.3 is 0 Å². The summed E-state index contributed by atoms with van der Waals surface area (Å²) in [5.41, 5.74) is 1.20. The van der Waals surface area contributed by atoms with Crippen molar-refractivity contribution >= 4 is 107 Å². The number of benzene rings is 2. The molecular weight excluding hydrogens is 666 g/mol. The molecule has 2 rings (SSSR count). The van der Waals surface area contributed by atoms with Crippen LogP contribution >= 0.6 is 95.6 Å². The van der Waals surface area contributed by atoms with E-state index in [9.17, 15) is 4.79 Å². The summed E-state index contributed by atoms with van der Waals surface area (Å²) in [4.78, 5) is 12.5. The molecule has 21 heavy (non-hydrogen) atoms. The Morgan fingerprint density at radius 2 is 1.24 bits per heavy atom. The summed E-state index contributed by atoms with van der Waals surface area (Å²) in [6, 6.07) is 7.36. The number of rotatable bonds is 2. The van der Waals surface area contributed by atoms with Crippen LogP contribution < -0.4 is 5.32 Å². The molecular formula is C13H5Br6NO. The number of nitrogens with one attached hydrogen (secondary N) is 1. The van der Waals surface area contributed by atoms with Crippen LogP contribution in [0.25, 0.3) is 0 Å². The van der Waals surface area contributed by atoms with Crippen LogP contribution in [0.4, 0.5) is 5.69 Å². The smallest absolute Gasteiger partial charge is 0.256 e. The molecule has 0 aliphatic rings. The van der Waals surface area contributed by atoms with Gasteiger partial charge in [0.2, 0.25) is 0 Å². The number of hydrogen-bond donors (Lipinski definition) is 1. The molecule has 0 spiro atoms. The molecule has 0 heterocycles. The van der Waals surface area contributed by atoms with E-state index in [0.29, 0.717) is 15.7 Å². The lowest BCUT2D eigenvalue weighted by atomic mass is 10.2. The van der Waals surface area contributed by atoms with Crippen LogP contribution in [0.1, 0.15) is 10.4 Å². The fourth-order valence-corrected chi connectivity index (χ4v) is 5.65. The van der Waals surface area contributed by atoms with Gasteiger partial charge in [0.1, 0.15) is 0 Å². The molecule has 2 aromatic carbocycles. The van der Waals surface area contributed by atoms with E-state index in [4.69, 9.17) is 0 Å². The Kier molecular flexibility index (Phi) is 6.54. The molecule has 0 radical (unpaired) electrons. The maximum Gasteiger partial charge on any atom is 0.256 e. The van der Waals surface area contributed by atoms with Crippen LogP contribution in [-0.2, 0) is 0 Å². The highest BCUT2D eigenvalue weighted by molar-refractivity contribution is 9.13. The number of carbonyl (C=O) groups excluding carboxylic acids is 1. The van der Waals surface area contributed by atoms with Gasteiger partial charge in [0.15, 0.2) is 0 Å². The first-order valence-electron chi connectivity index (χ1n) is 5.40. The molecule has 0 saturated carbocycles. The summed E-state index contributed by atoms with van der Waals surface area (Å²) in [6.45, 7) is 0. The van der Waals surface area contributed by atoms with E-state index in [1.807, 2.05) is 18.2 Å². The van der Waals surface area contributed by atoms with Crippen LogP contribution in [0.5, 0.6) is 0 Å². The second-order valence-electron chi connectivity index (χ2n) is 3.95. The average molecular weight is 671 g/mol. The monoisotopic (exact) mass is 665 g/mol. The zero-order valence-electron chi connectivity index (χ0n) is 9.99. The third-order valence-corrected chi connectivity index (χ3v) is 6.66. The Morgan fingerprint density at radius 1 is 0.762 bits per heavy atom. The highest BCUT2D eigenvalue weighted by Gasteiger charge is 2.16. The summed E-state index contributed by atoms with van der Waals surface area (Å²) in [7, 11) is 0. The Balaban J connectivity index is 2.40. The van der Waals surface area contributed by atoms with Crippen molar-refractivity contribution in [2.45, 2.75) is 0 Å². The van der Waals surface area contributed by atoms with Crippen LogP contribution in [0.2, 0.25) is 0 Å². The molecule has 0 unspecified atom stereocenters. The van der Waals surface area contributed by atoms with Gasteiger partial charge in [-0.3, -0.25) is 4.79 Å². The first kappa shape index (κ1) is 18.1. The molecule has 0 aliphatic heterocycles. The quantitative estimate of drug-likeness (QED) is 0.330. The fourth-order valence-electron chi connectivity index (χ4n) is 1.56. The third-order valence-electron chi connectivity index (χ3n) is 2.48. The van der Waals surface area contributed by atoms with Gasteiger partial charge in [0.25, 0.3) is 5.91 Å². The van der Waals surface area contributed by atoms with Crippen LogP contribution in [0, 0.1) is 0 Å². The van der Waals surface area contributed by atoms with Gasteiger partial charge < -0.3 is 5.32 Å². The number of hydrogen-bond acceptors (Lipinski definition) is 1. The minimum absolute atomic E-state index is 0.215. The van der Waals surface area contributed by atoms with E-state index in [0.717, 1.165) is 22.4 Å². The van der Waals surface area contributed by atoms with Crippen molar-refractivity contribution in [3.8, 4) is 0 Å². The second kappa shape index (κ2) is 7.57.